The first-order valence-corrected chi connectivity index (χ1v) is 7.11. The van der Waals surface area contributed by atoms with Gasteiger partial charge in [0.05, 0.1) is 17.0 Å². The second kappa shape index (κ2) is 4.55. The number of rotatable bonds is 1. The molecule has 0 unspecified atom stereocenters. The number of aryl methyl sites for hydroxylation is 2. The molecule has 0 radical (unpaired) electrons. The lowest BCUT2D eigenvalue weighted by Crippen LogP contribution is -2.03. The van der Waals surface area contributed by atoms with Gasteiger partial charge in [-0.1, -0.05) is 0 Å². The summed E-state index contributed by atoms with van der Waals surface area (Å²) in [5, 5.41) is 2.68. The summed E-state index contributed by atoms with van der Waals surface area (Å²) in [4.78, 5) is 19.9. The Morgan fingerprint density at radius 1 is 1.24 bits per heavy atom. The SMILES string of the molecule is O=C1Nc2cc(F)ccc2C1=Cc1nc2c([nH]1)CCCC2. The average Bonchev–Trinajstić information content (AvgIpc) is 3.00. The molecule has 21 heavy (non-hydrogen) atoms. The highest BCUT2D eigenvalue weighted by Crippen LogP contribution is 2.33. The number of carbonyl (C=O) groups is 1. The van der Waals surface area contributed by atoms with Gasteiger partial charge in [-0.25, -0.2) is 9.37 Å². The van der Waals surface area contributed by atoms with Gasteiger partial charge in [0.1, 0.15) is 11.6 Å². The van der Waals surface area contributed by atoms with E-state index in [0.717, 1.165) is 30.5 Å². The maximum atomic E-state index is 13.2. The van der Waals surface area contributed by atoms with E-state index in [-0.39, 0.29) is 11.7 Å². The quantitative estimate of drug-likeness (QED) is 0.791. The molecule has 5 heteroatoms. The molecule has 2 aromatic rings. The van der Waals surface area contributed by atoms with Crippen molar-refractivity contribution in [1.29, 1.82) is 0 Å². The number of benzene rings is 1. The van der Waals surface area contributed by atoms with Crippen molar-refractivity contribution in [3.05, 3.63) is 46.8 Å². The van der Waals surface area contributed by atoms with Crippen molar-refractivity contribution in [2.75, 3.05) is 5.32 Å². The predicted molar refractivity (Wildman–Crippen MR) is 78.1 cm³/mol. The number of anilines is 1. The molecular formula is C16H14FN3O. The van der Waals surface area contributed by atoms with Gasteiger partial charge in [0.25, 0.3) is 5.91 Å². The number of fused-ring (bicyclic) bond motifs is 2. The van der Waals surface area contributed by atoms with E-state index in [1.54, 1.807) is 12.1 Å². The molecule has 106 valence electrons. The van der Waals surface area contributed by atoms with Gasteiger partial charge >= 0.3 is 0 Å². The van der Waals surface area contributed by atoms with Gasteiger partial charge in [-0.2, -0.15) is 0 Å². The second-order valence-electron chi connectivity index (χ2n) is 5.46. The third-order valence-corrected chi connectivity index (χ3v) is 4.02. The first kappa shape index (κ1) is 12.3. The summed E-state index contributed by atoms with van der Waals surface area (Å²) in [6.45, 7) is 0. The molecule has 2 heterocycles. The number of H-pyrrole nitrogens is 1. The molecule has 1 aromatic heterocycles. The Kier molecular flexibility index (Phi) is 2.67. The first-order chi connectivity index (χ1) is 10.2. The fourth-order valence-corrected chi connectivity index (χ4v) is 2.99. The number of hydrogen-bond acceptors (Lipinski definition) is 2. The van der Waals surface area contributed by atoms with Crippen LogP contribution in [0.25, 0.3) is 11.6 Å². The largest absolute Gasteiger partial charge is 0.342 e. The smallest absolute Gasteiger partial charge is 0.256 e. The zero-order chi connectivity index (χ0) is 14.4. The van der Waals surface area contributed by atoms with Crippen molar-refractivity contribution in [3.8, 4) is 0 Å². The standard InChI is InChI=1S/C16H14FN3O/c17-9-5-6-10-11(16(21)20-14(10)7-9)8-15-18-12-3-1-2-4-13(12)19-15/h5-8H,1-4H2,(H,18,19)(H,20,21). The minimum Gasteiger partial charge on any atom is -0.342 e. The Hall–Kier alpha value is -2.43. The molecule has 1 aromatic carbocycles. The van der Waals surface area contributed by atoms with Crippen LogP contribution in [0.2, 0.25) is 0 Å². The van der Waals surface area contributed by atoms with Crippen molar-refractivity contribution in [2.24, 2.45) is 0 Å². The van der Waals surface area contributed by atoms with Gasteiger partial charge in [-0.3, -0.25) is 4.79 Å². The Morgan fingerprint density at radius 3 is 2.95 bits per heavy atom. The van der Waals surface area contributed by atoms with Gasteiger partial charge in [0, 0.05) is 11.3 Å². The van der Waals surface area contributed by atoms with Crippen molar-refractivity contribution in [3.63, 3.8) is 0 Å². The monoisotopic (exact) mass is 283 g/mol. The molecule has 0 atom stereocenters. The van der Waals surface area contributed by atoms with Gasteiger partial charge < -0.3 is 10.3 Å². The Bertz CT molecular complexity index is 752. The van der Waals surface area contributed by atoms with Crippen LogP contribution in [-0.2, 0) is 17.6 Å². The Morgan fingerprint density at radius 2 is 2.10 bits per heavy atom. The van der Waals surface area contributed by atoms with Crippen LogP contribution in [0, 0.1) is 5.82 Å². The van der Waals surface area contributed by atoms with Gasteiger partial charge in [0.2, 0.25) is 0 Å². The van der Waals surface area contributed by atoms with E-state index in [4.69, 9.17) is 0 Å². The van der Waals surface area contributed by atoms with E-state index in [2.05, 4.69) is 15.3 Å². The minimum absolute atomic E-state index is 0.218. The molecule has 4 rings (SSSR count). The molecule has 0 saturated heterocycles. The number of aromatic nitrogens is 2. The van der Waals surface area contributed by atoms with Gasteiger partial charge in [0.15, 0.2) is 0 Å². The maximum absolute atomic E-state index is 13.2. The minimum atomic E-state index is -0.358. The predicted octanol–water partition coefficient (Wildman–Crippen LogP) is 2.92. The summed E-state index contributed by atoms with van der Waals surface area (Å²) >= 11 is 0. The van der Waals surface area contributed by atoms with Crippen LogP contribution < -0.4 is 5.32 Å². The summed E-state index contributed by atoms with van der Waals surface area (Å²) in [6.07, 6.45) is 6.09. The molecular weight excluding hydrogens is 269 g/mol. The van der Waals surface area contributed by atoms with Crippen molar-refractivity contribution < 1.29 is 9.18 Å². The van der Waals surface area contributed by atoms with Crippen molar-refractivity contribution >= 4 is 23.2 Å². The lowest BCUT2D eigenvalue weighted by molar-refractivity contribution is -0.110. The summed E-state index contributed by atoms with van der Waals surface area (Å²) < 4.78 is 13.2. The zero-order valence-electron chi connectivity index (χ0n) is 11.4. The second-order valence-corrected chi connectivity index (χ2v) is 5.46. The zero-order valence-corrected chi connectivity index (χ0v) is 11.4. The molecule has 0 saturated carbocycles. The van der Waals surface area contributed by atoms with Crippen LogP contribution in [0.15, 0.2) is 18.2 Å². The van der Waals surface area contributed by atoms with Gasteiger partial charge in [-0.05, 0) is 50.0 Å². The summed E-state index contributed by atoms with van der Waals surface area (Å²) in [6, 6.07) is 4.32. The van der Waals surface area contributed by atoms with E-state index in [1.807, 2.05) is 0 Å². The maximum Gasteiger partial charge on any atom is 0.256 e. The summed E-state index contributed by atoms with van der Waals surface area (Å²) in [5.74, 6) is 0.123. The number of carbonyl (C=O) groups excluding carboxylic acids is 1. The lowest BCUT2D eigenvalue weighted by Gasteiger charge is -2.07. The van der Waals surface area contributed by atoms with E-state index in [9.17, 15) is 9.18 Å². The number of amides is 1. The van der Waals surface area contributed by atoms with Crippen molar-refractivity contribution in [2.45, 2.75) is 25.7 Å². The summed E-state index contributed by atoms with van der Waals surface area (Å²) in [7, 11) is 0. The van der Waals surface area contributed by atoms with Crippen LogP contribution in [0.1, 0.15) is 35.6 Å². The number of nitrogens with one attached hydrogen (secondary N) is 2. The number of hydrogen-bond donors (Lipinski definition) is 2. The Labute approximate surface area is 121 Å². The summed E-state index contributed by atoms with van der Waals surface area (Å²) in [5.41, 5.74) is 4.03. The van der Waals surface area contributed by atoms with Crippen LogP contribution in [0.3, 0.4) is 0 Å². The number of halogens is 1. The van der Waals surface area contributed by atoms with Crippen molar-refractivity contribution in [1.82, 2.24) is 9.97 Å². The number of imidazole rings is 1. The highest BCUT2D eigenvalue weighted by Gasteiger charge is 2.25. The van der Waals surface area contributed by atoms with Crippen LogP contribution in [0.5, 0.6) is 0 Å². The molecule has 4 nitrogen and oxygen atoms in total. The molecule has 1 amide bonds. The fourth-order valence-electron chi connectivity index (χ4n) is 2.99. The highest BCUT2D eigenvalue weighted by atomic mass is 19.1. The average molecular weight is 283 g/mol. The topological polar surface area (TPSA) is 57.8 Å². The number of nitrogens with zero attached hydrogens (tertiary/aromatic N) is 1. The molecule has 1 aliphatic carbocycles. The first-order valence-electron chi connectivity index (χ1n) is 7.11. The third kappa shape index (κ3) is 2.05. The van der Waals surface area contributed by atoms with Gasteiger partial charge in [-0.15, -0.1) is 0 Å². The molecule has 0 spiro atoms. The lowest BCUT2D eigenvalue weighted by atomic mass is 10.0. The van der Waals surface area contributed by atoms with Crippen LogP contribution in [-0.4, -0.2) is 15.9 Å². The van der Waals surface area contributed by atoms with E-state index >= 15 is 0 Å². The third-order valence-electron chi connectivity index (χ3n) is 4.02. The van der Waals surface area contributed by atoms with E-state index < -0.39 is 0 Å². The Balaban J connectivity index is 1.76. The molecule has 2 N–H and O–H groups in total. The van der Waals surface area contributed by atoms with Crippen LogP contribution in [0.4, 0.5) is 10.1 Å². The fraction of sp³-hybridized carbons (Fsp3) is 0.250. The van der Waals surface area contributed by atoms with Crippen LogP contribution >= 0.6 is 0 Å². The molecule has 0 bridgehead atoms. The molecule has 1 aliphatic heterocycles. The molecule has 0 fully saturated rings. The highest BCUT2D eigenvalue weighted by molar-refractivity contribution is 6.34. The van der Waals surface area contributed by atoms with E-state index in [0.29, 0.717) is 17.1 Å². The molecule has 2 aliphatic rings. The van der Waals surface area contributed by atoms with E-state index in [1.165, 1.54) is 24.2 Å². The number of aromatic amines is 1. The normalized spacial score (nSPS) is 18.5.